The van der Waals surface area contributed by atoms with Crippen LogP contribution in [0, 0.1) is 5.92 Å². The molecule has 3 rings (SSSR count). The molecule has 18 heavy (non-hydrogen) atoms. The van der Waals surface area contributed by atoms with Crippen LogP contribution in [0.1, 0.15) is 43.4 Å². The van der Waals surface area contributed by atoms with Crippen molar-refractivity contribution in [1.82, 2.24) is 9.88 Å². The van der Waals surface area contributed by atoms with Crippen molar-refractivity contribution in [3.63, 3.8) is 0 Å². The summed E-state index contributed by atoms with van der Waals surface area (Å²) >= 11 is 0. The van der Waals surface area contributed by atoms with Gasteiger partial charge in [0, 0.05) is 25.3 Å². The van der Waals surface area contributed by atoms with Gasteiger partial charge in [0.15, 0.2) is 0 Å². The summed E-state index contributed by atoms with van der Waals surface area (Å²) in [6, 6.07) is 4.91. The topological polar surface area (TPSA) is 42.1 Å². The Labute approximate surface area is 109 Å². The number of nitrogens with zero attached hydrogens (tertiary/aromatic N) is 2. The highest BCUT2D eigenvalue weighted by Gasteiger charge is 2.34. The highest BCUT2D eigenvalue weighted by molar-refractivity contribution is 5.19. The zero-order valence-corrected chi connectivity index (χ0v) is 11.0. The molecule has 0 bridgehead atoms. The molecule has 2 heterocycles. The molecule has 2 N–H and O–H groups in total. The Morgan fingerprint density at radius 1 is 1.28 bits per heavy atom. The van der Waals surface area contributed by atoms with Crippen LogP contribution in [0.3, 0.4) is 0 Å². The molecule has 1 aliphatic carbocycles. The molecular weight excluding hydrogens is 222 g/mol. The van der Waals surface area contributed by atoms with E-state index in [4.69, 9.17) is 5.73 Å². The third kappa shape index (κ3) is 2.29. The Balaban J connectivity index is 1.75. The molecule has 1 aromatic rings. The van der Waals surface area contributed by atoms with Gasteiger partial charge < -0.3 is 5.73 Å². The summed E-state index contributed by atoms with van der Waals surface area (Å²) in [6.45, 7) is 2.83. The molecule has 3 heteroatoms. The van der Waals surface area contributed by atoms with Crippen LogP contribution in [0.4, 0.5) is 0 Å². The van der Waals surface area contributed by atoms with Crippen LogP contribution in [0.5, 0.6) is 0 Å². The molecule has 1 aliphatic heterocycles. The number of aromatic nitrogens is 1. The van der Waals surface area contributed by atoms with Crippen molar-refractivity contribution in [2.75, 3.05) is 6.54 Å². The van der Waals surface area contributed by atoms with Gasteiger partial charge in [-0.05, 0) is 49.8 Å². The molecular formula is C15H23N3. The van der Waals surface area contributed by atoms with Crippen LogP contribution in [0.2, 0.25) is 0 Å². The first-order valence-corrected chi connectivity index (χ1v) is 7.25. The van der Waals surface area contributed by atoms with Crippen molar-refractivity contribution in [1.29, 1.82) is 0 Å². The third-order valence-electron chi connectivity index (χ3n) is 4.67. The van der Waals surface area contributed by atoms with Crippen LogP contribution < -0.4 is 5.73 Å². The van der Waals surface area contributed by atoms with Crippen LogP contribution in [0.25, 0.3) is 0 Å². The van der Waals surface area contributed by atoms with E-state index in [1.165, 1.54) is 49.9 Å². The van der Waals surface area contributed by atoms with Gasteiger partial charge in [-0.2, -0.15) is 0 Å². The molecule has 98 valence electrons. The Hall–Kier alpha value is -0.930. The van der Waals surface area contributed by atoms with Crippen molar-refractivity contribution >= 4 is 0 Å². The van der Waals surface area contributed by atoms with Crippen LogP contribution in [0.15, 0.2) is 18.3 Å². The maximum absolute atomic E-state index is 5.80. The fraction of sp³-hybridized carbons (Fsp3) is 0.667. The van der Waals surface area contributed by atoms with Crippen LogP contribution >= 0.6 is 0 Å². The molecule has 3 nitrogen and oxygen atoms in total. The predicted octanol–water partition coefficient (Wildman–Crippen LogP) is 2.30. The number of nitrogens with two attached hydrogens (primary N) is 1. The van der Waals surface area contributed by atoms with Gasteiger partial charge in [-0.3, -0.25) is 9.88 Å². The fourth-order valence-electron chi connectivity index (χ4n) is 3.75. The maximum Gasteiger partial charge on any atom is 0.0588 e. The van der Waals surface area contributed by atoms with Crippen LogP contribution in [-0.4, -0.2) is 22.5 Å². The van der Waals surface area contributed by atoms with E-state index < -0.39 is 0 Å². The van der Waals surface area contributed by atoms with Gasteiger partial charge in [-0.1, -0.05) is 12.5 Å². The number of pyridine rings is 1. The zero-order chi connectivity index (χ0) is 12.4. The third-order valence-corrected chi connectivity index (χ3v) is 4.67. The number of fused-ring (bicyclic) bond motifs is 1. The number of rotatable bonds is 3. The van der Waals surface area contributed by atoms with Gasteiger partial charge in [0.05, 0.1) is 5.69 Å². The molecule has 2 fully saturated rings. The van der Waals surface area contributed by atoms with Crippen molar-refractivity contribution in [3.05, 3.63) is 29.6 Å². The minimum absolute atomic E-state index is 0.602. The summed E-state index contributed by atoms with van der Waals surface area (Å²) in [6.07, 6.45) is 8.92. The van der Waals surface area contributed by atoms with Crippen molar-refractivity contribution in [3.8, 4) is 0 Å². The van der Waals surface area contributed by atoms with Crippen molar-refractivity contribution in [2.45, 2.75) is 51.2 Å². The van der Waals surface area contributed by atoms with E-state index in [0.717, 1.165) is 18.5 Å². The molecule has 1 saturated carbocycles. The van der Waals surface area contributed by atoms with Crippen LogP contribution in [-0.2, 0) is 13.1 Å². The Bertz CT molecular complexity index is 404. The van der Waals surface area contributed by atoms with E-state index in [-0.39, 0.29) is 0 Å². The molecule has 0 spiro atoms. The van der Waals surface area contributed by atoms with Gasteiger partial charge in [-0.15, -0.1) is 0 Å². The molecule has 1 saturated heterocycles. The van der Waals surface area contributed by atoms with Crippen molar-refractivity contribution in [2.24, 2.45) is 11.7 Å². The number of hydrogen-bond donors (Lipinski definition) is 1. The molecule has 1 aromatic heterocycles. The lowest BCUT2D eigenvalue weighted by molar-refractivity contribution is 0.104. The smallest absolute Gasteiger partial charge is 0.0588 e. The van der Waals surface area contributed by atoms with Crippen molar-refractivity contribution < 1.29 is 0 Å². The molecule has 0 radical (unpaired) electrons. The minimum Gasteiger partial charge on any atom is -0.326 e. The van der Waals surface area contributed by atoms with E-state index in [1.807, 2.05) is 12.3 Å². The SMILES string of the molecule is NCc1cccnc1CN1CCCC2CCCC21. The lowest BCUT2D eigenvalue weighted by Gasteiger charge is -2.37. The lowest BCUT2D eigenvalue weighted by atomic mass is 9.91. The molecule has 2 unspecified atom stereocenters. The molecule has 0 aromatic carbocycles. The summed E-state index contributed by atoms with van der Waals surface area (Å²) < 4.78 is 0. The summed E-state index contributed by atoms with van der Waals surface area (Å²) in [7, 11) is 0. The normalized spacial score (nSPS) is 28.3. The fourth-order valence-corrected chi connectivity index (χ4v) is 3.75. The predicted molar refractivity (Wildman–Crippen MR) is 72.9 cm³/mol. The Morgan fingerprint density at radius 3 is 3.06 bits per heavy atom. The number of likely N-dealkylation sites (tertiary alicyclic amines) is 1. The second-order valence-electron chi connectivity index (χ2n) is 5.68. The number of hydrogen-bond acceptors (Lipinski definition) is 3. The second-order valence-corrected chi connectivity index (χ2v) is 5.68. The minimum atomic E-state index is 0.602. The van der Waals surface area contributed by atoms with Gasteiger partial charge in [0.2, 0.25) is 0 Å². The monoisotopic (exact) mass is 245 g/mol. The Morgan fingerprint density at radius 2 is 2.17 bits per heavy atom. The van der Waals surface area contributed by atoms with E-state index in [9.17, 15) is 0 Å². The highest BCUT2D eigenvalue weighted by atomic mass is 15.2. The molecule has 2 aliphatic rings. The largest absolute Gasteiger partial charge is 0.326 e. The van der Waals surface area contributed by atoms with Gasteiger partial charge >= 0.3 is 0 Å². The van der Waals surface area contributed by atoms with E-state index >= 15 is 0 Å². The summed E-state index contributed by atoms with van der Waals surface area (Å²) in [5, 5.41) is 0. The quantitative estimate of drug-likeness (QED) is 0.888. The molecule has 0 amide bonds. The first-order valence-electron chi connectivity index (χ1n) is 7.25. The van der Waals surface area contributed by atoms with Gasteiger partial charge in [-0.25, -0.2) is 0 Å². The summed E-state index contributed by atoms with van der Waals surface area (Å²) in [5.41, 5.74) is 8.20. The van der Waals surface area contributed by atoms with Gasteiger partial charge in [0.25, 0.3) is 0 Å². The average Bonchev–Trinajstić information content (AvgIpc) is 2.89. The molecule has 2 atom stereocenters. The van der Waals surface area contributed by atoms with E-state index in [1.54, 1.807) is 0 Å². The number of piperidine rings is 1. The summed E-state index contributed by atoms with van der Waals surface area (Å²) in [5.74, 6) is 0.948. The van der Waals surface area contributed by atoms with E-state index in [0.29, 0.717) is 6.54 Å². The lowest BCUT2D eigenvalue weighted by Crippen LogP contribution is -2.42. The van der Waals surface area contributed by atoms with E-state index in [2.05, 4.69) is 16.0 Å². The average molecular weight is 245 g/mol. The second kappa shape index (κ2) is 5.37. The zero-order valence-electron chi connectivity index (χ0n) is 11.0. The highest BCUT2D eigenvalue weighted by Crippen LogP contribution is 2.37. The first kappa shape index (κ1) is 12.1. The maximum atomic E-state index is 5.80. The first-order chi connectivity index (χ1) is 8.88. The standard InChI is InChI=1S/C15H23N3/c16-10-13-5-2-8-17-14(13)11-18-9-3-6-12-4-1-7-15(12)18/h2,5,8,12,15H,1,3-4,6-7,9-11,16H2. The summed E-state index contributed by atoms with van der Waals surface area (Å²) in [4.78, 5) is 7.19. The van der Waals surface area contributed by atoms with Gasteiger partial charge in [0.1, 0.15) is 0 Å². The Kier molecular flexibility index (Phi) is 3.62.